The van der Waals surface area contributed by atoms with E-state index in [1.165, 1.54) is 17.5 Å². The highest BCUT2D eigenvalue weighted by Gasteiger charge is 2.19. The first-order valence-electron chi connectivity index (χ1n) is 12.0. The van der Waals surface area contributed by atoms with Gasteiger partial charge in [-0.3, -0.25) is 4.90 Å². The largest absolute Gasteiger partial charge is 0.497 e. The predicted molar refractivity (Wildman–Crippen MR) is 139 cm³/mol. The number of hydrogen-bond donors (Lipinski definition) is 1. The van der Waals surface area contributed by atoms with E-state index in [2.05, 4.69) is 30.1 Å². The van der Waals surface area contributed by atoms with Gasteiger partial charge < -0.3 is 24.4 Å². The van der Waals surface area contributed by atoms with Crippen LogP contribution in [0.4, 0.5) is 16.8 Å². The van der Waals surface area contributed by atoms with Crippen LogP contribution in [0.15, 0.2) is 36.5 Å². The molecule has 4 rings (SSSR count). The number of aryl methyl sites for hydroxylation is 1. The Morgan fingerprint density at radius 1 is 1.14 bits per heavy atom. The van der Waals surface area contributed by atoms with Crippen LogP contribution in [0, 0.1) is 6.92 Å². The molecule has 1 aromatic carbocycles. The lowest BCUT2D eigenvalue weighted by atomic mass is 10.2. The molecule has 3 heterocycles. The third kappa shape index (κ3) is 7.12. The predicted octanol–water partition coefficient (Wildman–Crippen LogP) is 3.51. The van der Waals surface area contributed by atoms with Crippen molar-refractivity contribution in [2.24, 2.45) is 0 Å². The Kier molecular flexibility index (Phi) is 9.04. The molecule has 0 spiro atoms. The lowest BCUT2D eigenvalue weighted by Gasteiger charge is -2.35. The summed E-state index contributed by atoms with van der Waals surface area (Å²) in [5.41, 5.74) is 1.14. The summed E-state index contributed by atoms with van der Waals surface area (Å²) in [7, 11) is 1.67. The van der Waals surface area contributed by atoms with Gasteiger partial charge in [-0.1, -0.05) is 23.5 Å². The second-order valence-corrected chi connectivity index (χ2v) is 9.29. The molecular formula is C25H32N6O4S. The maximum absolute atomic E-state index is 11.9. The van der Waals surface area contributed by atoms with Gasteiger partial charge in [0.1, 0.15) is 28.1 Å². The molecule has 1 saturated heterocycles. The van der Waals surface area contributed by atoms with E-state index in [0.29, 0.717) is 41.5 Å². The molecule has 1 aliphatic heterocycles. The molecule has 3 aromatic rings. The van der Waals surface area contributed by atoms with Crippen LogP contribution in [0.1, 0.15) is 28.0 Å². The monoisotopic (exact) mass is 512 g/mol. The molecule has 0 radical (unpaired) electrons. The van der Waals surface area contributed by atoms with Crippen molar-refractivity contribution in [3.8, 4) is 5.75 Å². The fraction of sp³-hybridized carbons (Fsp3) is 0.440. The number of ether oxygens (including phenoxy) is 3. The summed E-state index contributed by atoms with van der Waals surface area (Å²) in [4.78, 5) is 30.4. The molecular weight excluding hydrogens is 480 g/mol. The second-order valence-electron chi connectivity index (χ2n) is 8.26. The first kappa shape index (κ1) is 25.8. The molecule has 0 atom stereocenters. The van der Waals surface area contributed by atoms with E-state index in [1.54, 1.807) is 14.0 Å². The number of benzene rings is 1. The Bertz CT molecular complexity index is 1130. The molecule has 11 heteroatoms. The van der Waals surface area contributed by atoms with Crippen LogP contribution >= 0.6 is 11.3 Å². The molecule has 1 fully saturated rings. The Hall–Kier alpha value is -3.28. The number of anilines is 3. The van der Waals surface area contributed by atoms with Gasteiger partial charge in [0.25, 0.3) is 0 Å². The van der Waals surface area contributed by atoms with Crippen molar-refractivity contribution < 1.29 is 19.0 Å². The first-order valence-corrected chi connectivity index (χ1v) is 12.8. The number of hydrogen-bond acceptors (Lipinski definition) is 11. The standard InChI is InChI=1S/C25H32N6O4S/c1-4-35-24(32)21-16-26-25(36-21)29-22-15-23(28-18(2)27-22)31-11-9-30(10-12-31)13-14-34-17-19-5-7-20(33-3)8-6-19/h5-8,15-16H,4,9-14,17H2,1-3H3,(H,26,27,28,29). The summed E-state index contributed by atoms with van der Waals surface area (Å²) in [6, 6.07) is 9.87. The highest BCUT2D eigenvalue weighted by atomic mass is 32.1. The minimum atomic E-state index is -0.369. The van der Waals surface area contributed by atoms with Crippen molar-refractivity contribution in [1.82, 2.24) is 19.9 Å². The van der Waals surface area contributed by atoms with Gasteiger partial charge in [0.2, 0.25) is 0 Å². The number of esters is 1. The van der Waals surface area contributed by atoms with E-state index in [4.69, 9.17) is 14.2 Å². The zero-order chi connectivity index (χ0) is 25.3. The molecule has 2 aromatic heterocycles. The van der Waals surface area contributed by atoms with Crippen LogP contribution < -0.4 is 15.0 Å². The van der Waals surface area contributed by atoms with Gasteiger partial charge in [0.05, 0.1) is 33.1 Å². The zero-order valence-electron chi connectivity index (χ0n) is 20.9. The van der Waals surface area contributed by atoms with Crippen LogP contribution in [0.25, 0.3) is 0 Å². The van der Waals surface area contributed by atoms with Crippen LogP contribution in [0.5, 0.6) is 5.75 Å². The van der Waals surface area contributed by atoms with E-state index in [0.717, 1.165) is 49.9 Å². The number of nitrogens with one attached hydrogen (secondary N) is 1. The van der Waals surface area contributed by atoms with E-state index in [9.17, 15) is 4.79 Å². The summed E-state index contributed by atoms with van der Waals surface area (Å²) in [6.07, 6.45) is 1.51. The molecule has 1 aliphatic rings. The van der Waals surface area contributed by atoms with Crippen molar-refractivity contribution >= 4 is 34.1 Å². The number of carbonyl (C=O) groups is 1. The van der Waals surface area contributed by atoms with Crippen LogP contribution in [-0.2, 0) is 16.1 Å². The molecule has 0 unspecified atom stereocenters. The smallest absolute Gasteiger partial charge is 0.350 e. The first-order chi connectivity index (χ1) is 17.5. The molecule has 0 aliphatic carbocycles. The summed E-state index contributed by atoms with van der Waals surface area (Å²) in [6.45, 7) is 9.79. The fourth-order valence-electron chi connectivity index (χ4n) is 3.82. The second kappa shape index (κ2) is 12.6. The Labute approximate surface area is 215 Å². The van der Waals surface area contributed by atoms with Crippen LogP contribution in [0.2, 0.25) is 0 Å². The molecule has 1 N–H and O–H groups in total. The minimum absolute atomic E-state index is 0.331. The maximum atomic E-state index is 11.9. The highest BCUT2D eigenvalue weighted by Crippen LogP contribution is 2.25. The van der Waals surface area contributed by atoms with E-state index >= 15 is 0 Å². The molecule has 36 heavy (non-hydrogen) atoms. The van der Waals surface area contributed by atoms with Gasteiger partial charge in [0.15, 0.2) is 5.13 Å². The lowest BCUT2D eigenvalue weighted by Crippen LogP contribution is -2.47. The third-order valence-electron chi connectivity index (χ3n) is 5.72. The molecule has 0 amide bonds. The van der Waals surface area contributed by atoms with Crippen molar-refractivity contribution in [3.05, 3.63) is 52.8 Å². The highest BCUT2D eigenvalue weighted by molar-refractivity contribution is 7.17. The van der Waals surface area contributed by atoms with E-state index in [-0.39, 0.29) is 5.97 Å². The molecule has 0 saturated carbocycles. The SMILES string of the molecule is CCOC(=O)c1cnc(Nc2cc(N3CCN(CCOCc4ccc(OC)cc4)CC3)nc(C)n2)s1. The molecule has 0 bridgehead atoms. The van der Waals surface area contributed by atoms with Crippen molar-refractivity contribution in [2.45, 2.75) is 20.5 Å². The van der Waals surface area contributed by atoms with Gasteiger partial charge in [-0.2, -0.15) is 0 Å². The lowest BCUT2D eigenvalue weighted by molar-refractivity contribution is 0.0532. The fourth-order valence-corrected chi connectivity index (χ4v) is 4.54. The Balaban J connectivity index is 1.24. The maximum Gasteiger partial charge on any atom is 0.350 e. The van der Waals surface area contributed by atoms with Gasteiger partial charge in [-0.05, 0) is 31.5 Å². The minimum Gasteiger partial charge on any atom is -0.497 e. The number of thiazole rings is 1. The number of carbonyl (C=O) groups excluding carboxylic acids is 1. The number of methoxy groups -OCH3 is 1. The van der Waals surface area contributed by atoms with E-state index < -0.39 is 0 Å². The normalized spacial score (nSPS) is 14.0. The molecule has 10 nitrogen and oxygen atoms in total. The topological polar surface area (TPSA) is 102 Å². The average Bonchev–Trinajstić information content (AvgIpc) is 3.36. The van der Waals surface area contributed by atoms with Gasteiger partial charge >= 0.3 is 5.97 Å². The van der Waals surface area contributed by atoms with Crippen LogP contribution in [0.3, 0.4) is 0 Å². The van der Waals surface area contributed by atoms with Gasteiger partial charge in [-0.25, -0.2) is 19.7 Å². The summed E-state index contributed by atoms with van der Waals surface area (Å²) in [5.74, 6) is 2.68. The quantitative estimate of drug-likeness (QED) is 0.303. The van der Waals surface area contributed by atoms with Crippen molar-refractivity contribution in [2.75, 3.05) is 63.3 Å². The number of piperazine rings is 1. The third-order valence-corrected chi connectivity index (χ3v) is 6.61. The number of aromatic nitrogens is 3. The van der Waals surface area contributed by atoms with E-state index in [1.807, 2.05) is 37.3 Å². The summed E-state index contributed by atoms with van der Waals surface area (Å²) in [5, 5.41) is 3.78. The van der Waals surface area contributed by atoms with Crippen LogP contribution in [-0.4, -0.2) is 78.9 Å². The number of nitrogens with zero attached hydrogens (tertiary/aromatic N) is 5. The van der Waals surface area contributed by atoms with Crippen molar-refractivity contribution in [1.29, 1.82) is 0 Å². The van der Waals surface area contributed by atoms with Crippen molar-refractivity contribution in [3.63, 3.8) is 0 Å². The molecule has 192 valence electrons. The Morgan fingerprint density at radius 3 is 2.64 bits per heavy atom. The Morgan fingerprint density at radius 2 is 1.92 bits per heavy atom. The summed E-state index contributed by atoms with van der Waals surface area (Å²) >= 11 is 1.24. The van der Waals surface area contributed by atoms with Gasteiger partial charge in [0, 0.05) is 38.8 Å². The average molecular weight is 513 g/mol. The summed E-state index contributed by atoms with van der Waals surface area (Å²) < 4.78 is 16.1. The number of rotatable bonds is 11. The zero-order valence-corrected chi connectivity index (χ0v) is 21.7. The van der Waals surface area contributed by atoms with Gasteiger partial charge in [-0.15, -0.1) is 0 Å².